The Hall–Kier alpha value is -2.16. The average Bonchev–Trinajstić information content (AvgIpc) is 2.77. The second kappa shape index (κ2) is 9.56. The molecule has 0 saturated carbocycles. The van der Waals surface area contributed by atoms with Crippen molar-refractivity contribution in [2.45, 2.75) is 37.2 Å². The van der Waals surface area contributed by atoms with Gasteiger partial charge in [-0.1, -0.05) is 6.92 Å². The molecular formula is C21H29N3O4S. The SMILES string of the molecule is CCN(Cc1ccncc1)C1CCCN(S(=O)(=O)c2ccc(OC)cc2OC)C1. The Morgan fingerprint density at radius 3 is 2.59 bits per heavy atom. The number of ether oxygens (including phenoxy) is 2. The van der Waals surface area contributed by atoms with E-state index >= 15 is 0 Å². The Labute approximate surface area is 173 Å². The summed E-state index contributed by atoms with van der Waals surface area (Å²) < 4.78 is 38.8. The molecule has 1 fully saturated rings. The highest BCUT2D eigenvalue weighted by atomic mass is 32.2. The van der Waals surface area contributed by atoms with Crippen LogP contribution in [0.3, 0.4) is 0 Å². The molecule has 1 atom stereocenters. The zero-order valence-corrected chi connectivity index (χ0v) is 18.1. The molecule has 0 spiro atoms. The topological polar surface area (TPSA) is 72.0 Å². The number of hydrogen-bond donors (Lipinski definition) is 0. The van der Waals surface area contributed by atoms with E-state index in [0.717, 1.165) is 25.9 Å². The fourth-order valence-electron chi connectivity index (χ4n) is 3.79. The zero-order valence-electron chi connectivity index (χ0n) is 17.2. The van der Waals surface area contributed by atoms with Crippen LogP contribution in [0.2, 0.25) is 0 Å². The predicted octanol–water partition coefficient (Wildman–Crippen LogP) is 2.77. The molecule has 0 N–H and O–H groups in total. The van der Waals surface area contributed by atoms with E-state index in [1.807, 2.05) is 12.1 Å². The first-order chi connectivity index (χ1) is 14.0. The molecule has 1 aromatic heterocycles. The molecule has 3 rings (SSSR count). The van der Waals surface area contributed by atoms with Crippen LogP contribution in [-0.4, -0.2) is 62.5 Å². The molecule has 7 nitrogen and oxygen atoms in total. The average molecular weight is 420 g/mol. The second-order valence-corrected chi connectivity index (χ2v) is 9.00. The van der Waals surface area contributed by atoms with Crippen LogP contribution >= 0.6 is 0 Å². The van der Waals surface area contributed by atoms with Gasteiger partial charge < -0.3 is 9.47 Å². The number of rotatable bonds is 8. The van der Waals surface area contributed by atoms with Gasteiger partial charge in [-0.2, -0.15) is 4.31 Å². The highest BCUT2D eigenvalue weighted by molar-refractivity contribution is 7.89. The van der Waals surface area contributed by atoms with Crippen molar-refractivity contribution in [3.8, 4) is 11.5 Å². The van der Waals surface area contributed by atoms with Gasteiger partial charge in [-0.05, 0) is 49.2 Å². The summed E-state index contributed by atoms with van der Waals surface area (Å²) in [5.41, 5.74) is 1.18. The zero-order chi connectivity index (χ0) is 20.9. The molecule has 0 aliphatic carbocycles. The van der Waals surface area contributed by atoms with E-state index in [0.29, 0.717) is 24.6 Å². The summed E-state index contributed by atoms with van der Waals surface area (Å²) in [4.78, 5) is 6.59. The smallest absolute Gasteiger partial charge is 0.246 e. The van der Waals surface area contributed by atoms with Gasteiger partial charge in [0, 0.05) is 44.1 Å². The molecule has 2 heterocycles. The predicted molar refractivity (Wildman–Crippen MR) is 112 cm³/mol. The lowest BCUT2D eigenvalue weighted by atomic mass is 10.1. The van der Waals surface area contributed by atoms with Gasteiger partial charge in [0.25, 0.3) is 0 Å². The third kappa shape index (κ3) is 4.88. The van der Waals surface area contributed by atoms with Crippen LogP contribution < -0.4 is 9.47 Å². The van der Waals surface area contributed by atoms with Crippen LogP contribution in [0, 0.1) is 0 Å². The quantitative estimate of drug-likeness (QED) is 0.655. The Morgan fingerprint density at radius 1 is 1.17 bits per heavy atom. The molecule has 1 saturated heterocycles. The number of benzene rings is 1. The summed E-state index contributed by atoms with van der Waals surface area (Å²) in [6.07, 6.45) is 5.38. The number of nitrogens with zero attached hydrogens (tertiary/aromatic N) is 3. The number of piperidine rings is 1. The van der Waals surface area contributed by atoms with Gasteiger partial charge in [0.1, 0.15) is 16.4 Å². The maximum atomic E-state index is 13.4. The Kier molecular flexibility index (Phi) is 7.10. The van der Waals surface area contributed by atoms with Crippen LogP contribution in [0.5, 0.6) is 11.5 Å². The van der Waals surface area contributed by atoms with Gasteiger partial charge >= 0.3 is 0 Å². The summed E-state index contributed by atoms with van der Waals surface area (Å²) in [6.45, 7) is 4.73. The van der Waals surface area contributed by atoms with Gasteiger partial charge in [0.05, 0.1) is 14.2 Å². The van der Waals surface area contributed by atoms with E-state index in [2.05, 4.69) is 16.8 Å². The fraction of sp³-hybridized carbons (Fsp3) is 0.476. The van der Waals surface area contributed by atoms with Crippen molar-refractivity contribution in [1.29, 1.82) is 0 Å². The maximum Gasteiger partial charge on any atom is 0.246 e. The van der Waals surface area contributed by atoms with Crippen molar-refractivity contribution < 1.29 is 17.9 Å². The monoisotopic (exact) mass is 419 g/mol. The van der Waals surface area contributed by atoms with Gasteiger partial charge in [-0.25, -0.2) is 8.42 Å². The summed E-state index contributed by atoms with van der Waals surface area (Å²) >= 11 is 0. The number of hydrogen-bond acceptors (Lipinski definition) is 6. The fourth-order valence-corrected chi connectivity index (χ4v) is 5.44. The Bertz CT molecular complexity index is 905. The Balaban J connectivity index is 1.80. The van der Waals surface area contributed by atoms with E-state index < -0.39 is 10.0 Å². The lowest BCUT2D eigenvalue weighted by Gasteiger charge is -2.38. The third-order valence-electron chi connectivity index (χ3n) is 5.41. The first-order valence-electron chi connectivity index (χ1n) is 9.84. The van der Waals surface area contributed by atoms with E-state index in [4.69, 9.17) is 9.47 Å². The normalized spacial score (nSPS) is 18.0. The molecule has 0 bridgehead atoms. The van der Waals surface area contributed by atoms with Crippen LogP contribution in [0.4, 0.5) is 0 Å². The van der Waals surface area contributed by atoms with Crippen LogP contribution in [0.25, 0.3) is 0 Å². The minimum Gasteiger partial charge on any atom is -0.497 e. The molecule has 158 valence electrons. The van der Waals surface area contributed by atoms with Crippen molar-refractivity contribution >= 4 is 10.0 Å². The number of sulfonamides is 1. The van der Waals surface area contributed by atoms with Crippen molar-refractivity contribution in [2.75, 3.05) is 33.9 Å². The minimum absolute atomic E-state index is 0.168. The van der Waals surface area contributed by atoms with E-state index in [-0.39, 0.29) is 10.9 Å². The minimum atomic E-state index is -3.66. The van der Waals surface area contributed by atoms with Crippen molar-refractivity contribution in [1.82, 2.24) is 14.2 Å². The van der Waals surface area contributed by atoms with Crippen LogP contribution in [-0.2, 0) is 16.6 Å². The van der Waals surface area contributed by atoms with Gasteiger partial charge in [-0.3, -0.25) is 9.88 Å². The molecule has 1 aromatic carbocycles. The number of aromatic nitrogens is 1. The first-order valence-corrected chi connectivity index (χ1v) is 11.3. The second-order valence-electron chi connectivity index (χ2n) is 7.09. The molecule has 8 heteroatoms. The van der Waals surface area contributed by atoms with E-state index in [1.54, 1.807) is 42.0 Å². The van der Waals surface area contributed by atoms with E-state index in [9.17, 15) is 8.42 Å². The molecule has 1 aliphatic rings. The Morgan fingerprint density at radius 2 is 1.93 bits per heavy atom. The molecule has 29 heavy (non-hydrogen) atoms. The van der Waals surface area contributed by atoms with Crippen molar-refractivity contribution in [3.05, 3.63) is 48.3 Å². The van der Waals surface area contributed by atoms with Gasteiger partial charge in [0.2, 0.25) is 10.0 Å². The molecule has 1 unspecified atom stereocenters. The van der Waals surface area contributed by atoms with Crippen molar-refractivity contribution in [2.24, 2.45) is 0 Å². The largest absolute Gasteiger partial charge is 0.497 e. The number of methoxy groups -OCH3 is 2. The summed E-state index contributed by atoms with van der Waals surface area (Å²) in [5.74, 6) is 0.863. The van der Waals surface area contributed by atoms with Crippen LogP contribution in [0.15, 0.2) is 47.6 Å². The molecular weight excluding hydrogens is 390 g/mol. The van der Waals surface area contributed by atoms with Gasteiger partial charge in [-0.15, -0.1) is 0 Å². The van der Waals surface area contributed by atoms with Crippen molar-refractivity contribution in [3.63, 3.8) is 0 Å². The highest BCUT2D eigenvalue weighted by Crippen LogP contribution is 2.32. The number of pyridine rings is 1. The molecule has 1 aliphatic heterocycles. The number of likely N-dealkylation sites (N-methyl/N-ethyl adjacent to an activating group) is 1. The molecule has 0 amide bonds. The lowest BCUT2D eigenvalue weighted by molar-refractivity contribution is 0.134. The summed E-state index contributed by atoms with van der Waals surface area (Å²) in [7, 11) is -0.647. The van der Waals surface area contributed by atoms with Crippen LogP contribution in [0.1, 0.15) is 25.3 Å². The van der Waals surface area contributed by atoms with Gasteiger partial charge in [0.15, 0.2) is 0 Å². The molecule has 0 radical (unpaired) electrons. The first kappa shape index (κ1) is 21.5. The summed E-state index contributed by atoms with van der Waals surface area (Å²) in [5, 5.41) is 0. The standard InChI is InChI=1S/C21H29N3O4S/c1-4-23(15-17-9-11-22-12-10-17)18-6-5-13-24(16-18)29(25,26)21-8-7-19(27-2)14-20(21)28-3/h7-12,14,18H,4-6,13,15-16H2,1-3H3. The lowest BCUT2D eigenvalue weighted by Crippen LogP contribution is -2.49. The highest BCUT2D eigenvalue weighted by Gasteiger charge is 2.34. The summed E-state index contributed by atoms with van der Waals surface area (Å²) in [6, 6.07) is 8.99. The maximum absolute atomic E-state index is 13.4. The molecule has 2 aromatic rings. The van der Waals surface area contributed by atoms with E-state index in [1.165, 1.54) is 12.7 Å². The third-order valence-corrected chi connectivity index (χ3v) is 7.31.